The van der Waals surface area contributed by atoms with Crippen molar-refractivity contribution in [3.63, 3.8) is 0 Å². The molecule has 1 atom stereocenters. The molecular weight excluding hydrogens is 300 g/mol. The fraction of sp³-hybridized carbons (Fsp3) is 0.250. The van der Waals surface area contributed by atoms with E-state index in [1.54, 1.807) is 0 Å². The predicted molar refractivity (Wildman–Crippen MR) is 98.4 cm³/mol. The summed E-state index contributed by atoms with van der Waals surface area (Å²) in [4.78, 5) is 5.82. The first-order valence-electron chi connectivity index (χ1n) is 7.90. The van der Waals surface area contributed by atoms with Crippen LogP contribution in [0.4, 0.5) is 0 Å². The van der Waals surface area contributed by atoms with Crippen molar-refractivity contribution in [3.05, 3.63) is 85.3 Å². The van der Waals surface area contributed by atoms with Gasteiger partial charge >= 0.3 is 0 Å². The standard InChI is InChI=1S/C20H23N2S/c1-20(2,3)22-15-14-21(16-22)19(17-10-6-4-7-11-17)23-18-12-8-5-9-13-18/h4-16,19H,1-3H3. The molecule has 2 aromatic carbocycles. The van der Waals surface area contributed by atoms with E-state index < -0.39 is 0 Å². The average molecular weight is 323 g/mol. The summed E-state index contributed by atoms with van der Waals surface area (Å²) >= 11 is 1.87. The molecule has 0 aliphatic carbocycles. The second kappa shape index (κ2) is 6.71. The molecule has 119 valence electrons. The molecular formula is C20H23N2S. The smallest absolute Gasteiger partial charge is 0.143 e. The van der Waals surface area contributed by atoms with Gasteiger partial charge in [0.2, 0.25) is 0 Å². The summed E-state index contributed by atoms with van der Waals surface area (Å²) in [5.41, 5.74) is 1.39. The third kappa shape index (κ3) is 3.91. The lowest BCUT2D eigenvalue weighted by atomic mass is 10.1. The van der Waals surface area contributed by atoms with Gasteiger partial charge in [0.1, 0.15) is 12.0 Å². The van der Waals surface area contributed by atoms with Crippen molar-refractivity contribution in [3.8, 4) is 0 Å². The van der Waals surface area contributed by atoms with Gasteiger partial charge in [0.05, 0.1) is 0 Å². The van der Waals surface area contributed by atoms with Gasteiger partial charge in [-0.05, 0) is 38.5 Å². The molecule has 0 aromatic heterocycles. The first kappa shape index (κ1) is 16.0. The van der Waals surface area contributed by atoms with E-state index in [1.165, 1.54) is 10.5 Å². The second-order valence-electron chi connectivity index (χ2n) is 6.63. The maximum Gasteiger partial charge on any atom is 0.143 e. The van der Waals surface area contributed by atoms with E-state index in [2.05, 4.69) is 110 Å². The van der Waals surface area contributed by atoms with E-state index in [4.69, 9.17) is 0 Å². The van der Waals surface area contributed by atoms with Crippen LogP contribution in [0.3, 0.4) is 0 Å². The zero-order valence-electron chi connectivity index (χ0n) is 13.9. The van der Waals surface area contributed by atoms with Gasteiger partial charge in [-0.1, -0.05) is 60.3 Å². The molecule has 0 saturated heterocycles. The molecule has 1 radical (unpaired) electrons. The first-order valence-corrected chi connectivity index (χ1v) is 8.78. The Morgan fingerprint density at radius 3 is 2.00 bits per heavy atom. The molecule has 0 spiro atoms. The maximum atomic E-state index is 2.29. The Hall–Kier alpha value is -1.87. The summed E-state index contributed by atoms with van der Waals surface area (Å²) in [5.74, 6) is 0. The molecule has 3 heteroatoms. The van der Waals surface area contributed by atoms with E-state index >= 15 is 0 Å². The van der Waals surface area contributed by atoms with Crippen LogP contribution in [-0.4, -0.2) is 15.3 Å². The third-order valence-electron chi connectivity index (χ3n) is 3.78. The molecule has 0 saturated carbocycles. The quantitative estimate of drug-likeness (QED) is 0.688. The van der Waals surface area contributed by atoms with Crippen LogP contribution in [-0.2, 0) is 0 Å². The van der Waals surface area contributed by atoms with Crippen molar-refractivity contribution in [1.82, 2.24) is 9.80 Å². The summed E-state index contributed by atoms with van der Waals surface area (Å²) in [6.45, 7) is 8.87. The van der Waals surface area contributed by atoms with Crippen molar-refractivity contribution in [2.45, 2.75) is 36.6 Å². The highest BCUT2D eigenvalue weighted by atomic mass is 32.2. The normalized spacial score (nSPS) is 16.0. The molecule has 0 amide bonds. The third-order valence-corrected chi connectivity index (χ3v) is 5.06. The van der Waals surface area contributed by atoms with E-state index in [0.29, 0.717) is 0 Å². The maximum absolute atomic E-state index is 2.29. The summed E-state index contributed by atoms with van der Waals surface area (Å²) in [5, 5.41) is 0.224. The Kier molecular flexibility index (Phi) is 4.67. The highest BCUT2D eigenvalue weighted by Crippen LogP contribution is 2.41. The number of thioether (sulfide) groups is 1. The number of hydrogen-bond donors (Lipinski definition) is 0. The highest BCUT2D eigenvalue weighted by Gasteiger charge is 2.29. The summed E-state index contributed by atoms with van der Waals surface area (Å²) in [7, 11) is 0. The van der Waals surface area contributed by atoms with Crippen LogP contribution < -0.4 is 0 Å². The Morgan fingerprint density at radius 1 is 0.826 bits per heavy atom. The lowest BCUT2D eigenvalue weighted by Crippen LogP contribution is -2.36. The van der Waals surface area contributed by atoms with Crippen molar-refractivity contribution < 1.29 is 0 Å². The lowest BCUT2D eigenvalue weighted by Gasteiger charge is -2.35. The van der Waals surface area contributed by atoms with Crippen LogP contribution in [0, 0.1) is 6.67 Å². The van der Waals surface area contributed by atoms with Crippen LogP contribution in [0.1, 0.15) is 31.7 Å². The van der Waals surface area contributed by atoms with Gasteiger partial charge in [0, 0.05) is 22.8 Å². The van der Waals surface area contributed by atoms with Crippen molar-refractivity contribution in [2.75, 3.05) is 0 Å². The number of nitrogens with zero attached hydrogens (tertiary/aromatic N) is 2. The van der Waals surface area contributed by atoms with Crippen LogP contribution >= 0.6 is 11.8 Å². The summed E-state index contributed by atoms with van der Waals surface area (Å²) in [6.07, 6.45) is 4.32. The van der Waals surface area contributed by atoms with Crippen molar-refractivity contribution >= 4 is 11.8 Å². The molecule has 1 aliphatic heterocycles. The molecule has 2 aromatic rings. The molecule has 2 nitrogen and oxygen atoms in total. The molecule has 23 heavy (non-hydrogen) atoms. The summed E-state index contributed by atoms with van der Waals surface area (Å²) in [6, 6.07) is 21.3. The van der Waals surface area contributed by atoms with Gasteiger partial charge in [0.15, 0.2) is 0 Å². The van der Waals surface area contributed by atoms with Crippen molar-refractivity contribution in [1.29, 1.82) is 0 Å². The SMILES string of the molecule is CC(C)(C)N1[CH]N(C(Sc2ccccc2)c2ccccc2)C=C1. The first-order chi connectivity index (χ1) is 11.0. The lowest BCUT2D eigenvalue weighted by molar-refractivity contribution is 0.213. The van der Waals surface area contributed by atoms with Gasteiger partial charge in [-0.15, -0.1) is 0 Å². The monoisotopic (exact) mass is 323 g/mol. The van der Waals surface area contributed by atoms with Crippen LogP contribution in [0.15, 0.2) is 78.0 Å². The van der Waals surface area contributed by atoms with Crippen molar-refractivity contribution in [2.24, 2.45) is 0 Å². The Labute approximate surface area is 143 Å². The van der Waals surface area contributed by atoms with E-state index in [0.717, 1.165) is 0 Å². The second-order valence-corrected chi connectivity index (χ2v) is 7.79. The van der Waals surface area contributed by atoms with Gasteiger partial charge in [0.25, 0.3) is 0 Å². The molecule has 0 N–H and O–H groups in total. The Bertz CT molecular complexity index is 646. The van der Waals surface area contributed by atoms with Crippen LogP contribution in [0.5, 0.6) is 0 Å². The van der Waals surface area contributed by atoms with Crippen LogP contribution in [0.2, 0.25) is 0 Å². The Balaban J connectivity index is 1.84. The molecule has 1 heterocycles. The zero-order chi connectivity index (χ0) is 16.3. The minimum atomic E-state index is 0.0872. The van der Waals surface area contributed by atoms with E-state index in [9.17, 15) is 0 Å². The Morgan fingerprint density at radius 2 is 1.43 bits per heavy atom. The van der Waals surface area contributed by atoms with E-state index in [-0.39, 0.29) is 10.9 Å². The van der Waals surface area contributed by atoms with E-state index in [1.807, 2.05) is 11.8 Å². The zero-order valence-corrected chi connectivity index (χ0v) is 14.7. The number of rotatable bonds is 4. The molecule has 0 fully saturated rings. The van der Waals surface area contributed by atoms with Gasteiger partial charge in [-0.25, -0.2) is 0 Å². The topological polar surface area (TPSA) is 6.48 Å². The van der Waals surface area contributed by atoms with Gasteiger partial charge in [-0.3, -0.25) is 0 Å². The highest BCUT2D eigenvalue weighted by molar-refractivity contribution is 7.99. The van der Waals surface area contributed by atoms with Gasteiger partial charge < -0.3 is 9.80 Å². The number of benzene rings is 2. The molecule has 3 rings (SSSR count). The summed E-state index contributed by atoms with van der Waals surface area (Å²) < 4.78 is 0. The largest absolute Gasteiger partial charge is 0.348 e. The molecule has 0 bridgehead atoms. The fourth-order valence-electron chi connectivity index (χ4n) is 2.45. The minimum Gasteiger partial charge on any atom is -0.348 e. The average Bonchev–Trinajstić information content (AvgIpc) is 3.04. The molecule has 1 aliphatic rings. The van der Waals surface area contributed by atoms with Gasteiger partial charge in [-0.2, -0.15) is 0 Å². The minimum absolute atomic E-state index is 0.0872. The number of hydrogen-bond acceptors (Lipinski definition) is 3. The fourth-order valence-corrected chi connectivity index (χ4v) is 3.56. The van der Waals surface area contributed by atoms with Crippen LogP contribution in [0.25, 0.3) is 0 Å². The molecule has 1 unspecified atom stereocenters. The predicted octanol–water partition coefficient (Wildman–Crippen LogP) is 5.48.